The molecule has 0 atom stereocenters. The predicted molar refractivity (Wildman–Crippen MR) is 101 cm³/mol. The molecule has 0 saturated carbocycles. The molecule has 6 heteroatoms. The highest BCUT2D eigenvalue weighted by Crippen LogP contribution is 2.21. The fraction of sp³-hybridized carbons (Fsp3) is 0.526. The average Bonchev–Trinajstić information content (AvgIpc) is 2.69. The number of anilines is 3. The number of piperazine rings is 1. The Morgan fingerprint density at radius 2 is 1.40 bits per heavy atom. The van der Waals surface area contributed by atoms with Gasteiger partial charge in [-0.05, 0) is 44.4 Å². The van der Waals surface area contributed by atoms with Crippen LogP contribution in [0.15, 0.2) is 30.5 Å². The molecule has 0 bridgehead atoms. The van der Waals surface area contributed by atoms with Gasteiger partial charge in [0, 0.05) is 51.2 Å². The lowest BCUT2D eigenvalue weighted by Crippen LogP contribution is -2.47. The molecule has 4 heterocycles. The molecule has 0 amide bonds. The lowest BCUT2D eigenvalue weighted by Gasteiger charge is -2.36. The van der Waals surface area contributed by atoms with Crippen LogP contribution in [-0.2, 0) is 0 Å². The van der Waals surface area contributed by atoms with Gasteiger partial charge in [0.2, 0.25) is 5.95 Å². The zero-order chi connectivity index (χ0) is 17.1. The molecular formula is C19H26N6. The highest BCUT2D eigenvalue weighted by molar-refractivity contribution is 5.47. The molecule has 2 aliphatic rings. The maximum absolute atomic E-state index is 4.84. The van der Waals surface area contributed by atoms with Gasteiger partial charge >= 0.3 is 0 Å². The highest BCUT2D eigenvalue weighted by atomic mass is 15.3. The normalized spacial score (nSPS) is 18.5. The number of aryl methyl sites for hydroxylation is 1. The second kappa shape index (κ2) is 7.25. The first-order valence-corrected chi connectivity index (χ1v) is 9.31. The van der Waals surface area contributed by atoms with Crippen molar-refractivity contribution >= 4 is 17.6 Å². The van der Waals surface area contributed by atoms with Gasteiger partial charge in [0.15, 0.2) is 0 Å². The molecule has 0 N–H and O–H groups in total. The number of hydrogen-bond acceptors (Lipinski definition) is 6. The van der Waals surface area contributed by atoms with Gasteiger partial charge in [0.25, 0.3) is 0 Å². The molecule has 25 heavy (non-hydrogen) atoms. The van der Waals surface area contributed by atoms with Crippen molar-refractivity contribution in [1.29, 1.82) is 0 Å². The molecule has 2 fully saturated rings. The molecule has 0 aliphatic carbocycles. The third kappa shape index (κ3) is 3.67. The molecule has 6 nitrogen and oxygen atoms in total. The molecular weight excluding hydrogens is 312 g/mol. The molecule has 4 rings (SSSR count). The van der Waals surface area contributed by atoms with Gasteiger partial charge in [-0.15, -0.1) is 0 Å². The summed E-state index contributed by atoms with van der Waals surface area (Å²) in [5, 5.41) is 0. The molecule has 0 radical (unpaired) electrons. The van der Waals surface area contributed by atoms with E-state index in [1.807, 2.05) is 25.3 Å². The maximum Gasteiger partial charge on any atom is 0.227 e. The van der Waals surface area contributed by atoms with Crippen molar-refractivity contribution in [2.24, 2.45) is 0 Å². The van der Waals surface area contributed by atoms with Crippen molar-refractivity contribution in [1.82, 2.24) is 15.0 Å². The van der Waals surface area contributed by atoms with E-state index < -0.39 is 0 Å². The summed E-state index contributed by atoms with van der Waals surface area (Å²) in [6, 6.07) is 8.26. The van der Waals surface area contributed by atoms with Crippen LogP contribution < -0.4 is 14.7 Å². The summed E-state index contributed by atoms with van der Waals surface area (Å²) < 4.78 is 0. The van der Waals surface area contributed by atoms with Crippen molar-refractivity contribution < 1.29 is 0 Å². The Kier molecular flexibility index (Phi) is 4.68. The first-order valence-electron chi connectivity index (χ1n) is 9.31. The van der Waals surface area contributed by atoms with Gasteiger partial charge < -0.3 is 14.7 Å². The molecule has 2 aliphatic heterocycles. The smallest absolute Gasteiger partial charge is 0.227 e. The zero-order valence-corrected chi connectivity index (χ0v) is 14.9. The number of rotatable bonds is 3. The Labute approximate surface area is 149 Å². The Morgan fingerprint density at radius 1 is 0.720 bits per heavy atom. The van der Waals surface area contributed by atoms with Gasteiger partial charge in [0.05, 0.1) is 0 Å². The predicted octanol–water partition coefficient (Wildman–Crippen LogP) is 2.50. The molecule has 2 aromatic rings. The van der Waals surface area contributed by atoms with E-state index in [0.29, 0.717) is 0 Å². The number of pyridine rings is 1. The Morgan fingerprint density at radius 3 is 2.08 bits per heavy atom. The summed E-state index contributed by atoms with van der Waals surface area (Å²) in [6.07, 6.45) is 5.72. The summed E-state index contributed by atoms with van der Waals surface area (Å²) in [4.78, 5) is 21.0. The van der Waals surface area contributed by atoms with E-state index in [2.05, 4.69) is 36.8 Å². The average molecular weight is 338 g/mol. The summed E-state index contributed by atoms with van der Waals surface area (Å²) in [7, 11) is 0. The molecule has 0 unspecified atom stereocenters. The Hall–Kier alpha value is -2.37. The first kappa shape index (κ1) is 16.1. The van der Waals surface area contributed by atoms with Gasteiger partial charge in [-0.25, -0.2) is 9.97 Å². The van der Waals surface area contributed by atoms with Gasteiger partial charge in [-0.3, -0.25) is 0 Å². The zero-order valence-electron chi connectivity index (χ0n) is 14.9. The van der Waals surface area contributed by atoms with Gasteiger partial charge in [-0.1, -0.05) is 6.07 Å². The van der Waals surface area contributed by atoms with E-state index in [1.165, 1.54) is 19.3 Å². The van der Waals surface area contributed by atoms with Crippen molar-refractivity contribution in [3.8, 4) is 0 Å². The SMILES string of the molecule is Cc1cccc(N2CCN(c3ccnc(N4CCCCC4)n3)CC2)n1. The first-order chi connectivity index (χ1) is 12.3. The van der Waals surface area contributed by atoms with Crippen LogP contribution in [-0.4, -0.2) is 54.2 Å². The van der Waals surface area contributed by atoms with E-state index in [1.54, 1.807) is 0 Å². The van der Waals surface area contributed by atoms with Crippen LogP contribution in [0.5, 0.6) is 0 Å². The molecule has 0 spiro atoms. The molecule has 2 saturated heterocycles. The van der Waals surface area contributed by atoms with Crippen LogP contribution in [0.2, 0.25) is 0 Å². The minimum absolute atomic E-state index is 0.889. The van der Waals surface area contributed by atoms with Crippen molar-refractivity contribution in [2.45, 2.75) is 26.2 Å². The van der Waals surface area contributed by atoms with Crippen molar-refractivity contribution in [2.75, 3.05) is 54.0 Å². The highest BCUT2D eigenvalue weighted by Gasteiger charge is 2.20. The third-order valence-corrected chi connectivity index (χ3v) is 5.07. The fourth-order valence-electron chi connectivity index (χ4n) is 3.63. The van der Waals surface area contributed by atoms with E-state index in [4.69, 9.17) is 4.98 Å². The summed E-state index contributed by atoms with van der Waals surface area (Å²) in [6.45, 7) is 8.08. The lowest BCUT2D eigenvalue weighted by atomic mass is 10.1. The van der Waals surface area contributed by atoms with E-state index in [9.17, 15) is 0 Å². The van der Waals surface area contributed by atoms with E-state index >= 15 is 0 Å². The number of nitrogens with zero attached hydrogens (tertiary/aromatic N) is 6. The quantitative estimate of drug-likeness (QED) is 0.857. The number of aromatic nitrogens is 3. The van der Waals surface area contributed by atoms with Gasteiger partial charge in [-0.2, -0.15) is 4.98 Å². The minimum Gasteiger partial charge on any atom is -0.353 e. The van der Waals surface area contributed by atoms with Crippen molar-refractivity contribution in [3.05, 3.63) is 36.2 Å². The Balaban J connectivity index is 1.42. The van der Waals surface area contributed by atoms with Crippen LogP contribution in [0.1, 0.15) is 25.0 Å². The maximum atomic E-state index is 4.84. The third-order valence-electron chi connectivity index (χ3n) is 5.07. The van der Waals surface area contributed by atoms with Crippen LogP contribution in [0.3, 0.4) is 0 Å². The standard InChI is InChI=1S/C19H26N6/c1-16-6-5-7-17(21-16)23-12-14-24(15-13-23)18-8-9-20-19(22-18)25-10-3-2-4-11-25/h5-9H,2-4,10-15H2,1H3. The summed E-state index contributed by atoms with van der Waals surface area (Å²) >= 11 is 0. The van der Waals surface area contributed by atoms with Crippen LogP contribution in [0.4, 0.5) is 17.6 Å². The van der Waals surface area contributed by atoms with Crippen LogP contribution in [0.25, 0.3) is 0 Å². The topological polar surface area (TPSA) is 48.4 Å². The fourth-order valence-corrected chi connectivity index (χ4v) is 3.63. The monoisotopic (exact) mass is 338 g/mol. The second-order valence-electron chi connectivity index (χ2n) is 6.87. The Bertz CT molecular complexity index is 705. The number of hydrogen-bond donors (Lipinski definition) is 0. The summed E-state index contributed by atoms with van der Waals surface area (Å²) in [5.74, 6) is 3.02. The van der Waals surface area contributed by atoms with Gasteiger partial charge in [0.1, 0.15) is 11.6 Å². The lowest BCUT2D eigenvalue weighted by molar-refractivity contribution is 0.567. The van der Waals surface area contributed by atoms with E-state index in [-0.39, 0.29) is 0 Å². The summed E-state index contributed by atoms with van der Waals surface area (Å²) in [5.41, 5.74) is 1.07. The van der Waals surface area contributed by atoms with Crippen LogP contribution >= 0.6 is 0 Å². The largest absolute Gasteiger partial charge is 0.353 e. The minimum atomic E-state index is 0.889. The molecule has 0 aromatic carbocycles. The molecule has 132 valence electrons. The molecule has 2 aromatic heterocycles. The number of piperidine rings is 1. The van der Waals surface area contributed by atoms with Crippen LogP contribution in [0, 0.1) is 6.92 Å². The van der Waals surface area contributed by atoms with E-state index in [0.717, 1.165) is 62.5 Å². The second-order valence-corrected chi connectivity index (χ2v) is 6.87. The van der Waals surface area contributed by atoms with Crippen molar-refractivity contribution in [3.63, 3.8) is 0 Å².